The molecule has 0 saturated carbocycles. The Labute approximate surface area is 203 Å². The van der Waals surface area contributed by atoms with Gasteiger partial charge in [0.2, 0.25) is 5.75 Å². The number of hydrogen-bond donors (Lipinski definition) is 0. The fraction of sp³-hybridized carbons (Fsp3) is 0.462. The molecule has 1 amide bonds. The zero-order valence-corrected chi connectivity index (χ0v) is 20.7. The summed E-state index contributed by atoms with van der Waals surface area (Å²) in [5.41, 5.74) is 2.09. The van der Waals surface area contributed by atoms with Crippen molar-refractivity contribution in [2.24, 2.45) is 0 Å². The number of hydrogen-bond acceptors (Lipinski definition) is 8. The normalized spacial score (nSPS) is 21.1. The van der Waals surface area contributed by atoms with E-state index in [0.717, 1.165) is 17.7 Å². The molecule has 3 heterocycles. The Bertz CT molecular complexity index is 1190. The van der Waals surface area contributed by atoms with E-state index in [0.29, 0.717) is 41.8 Å². The van der Waals surface area contributed by atoms with E-state index in [9.17, 15) is 9.59 Å². The summed E-state index contributed by atoms with van der Waals surface area (Å²) < 4.78 is 33.7. The van der Waals surface area contributed by atoms with Crippen LogP contribution in [0.1, 0.15) is 54.6 Å². The molecule has 35 heavy (non-hydrogen) atoms. The molecule has 1 unspecified atom stereocenters. The fourth-order valence-electron chi connectivity index (χ4n) is 5.51. The average molecular weight is 484 g/mol. The van der Waals surface area contributed by atoms with Crippen LogP contribution in [0, 0.1) is 0 Å². The SMILES string of the molecule is COc1cc(C(=O)Oc2cc3c4c(c2)C2(OCCO2)C(=O)N4C(C)(C)CC3C)cc(OC)c1OC. The van der Waals surface area contributed by atoms with Crippen LogP contribution in [0.4, 0.5) is 5.69 Å². The number of carbonyl (C=O) groups is 2. The van der Waals surface area contributed by atoms with Crippen molar-refractivity contribution in [1.82, 2.24) is 0 Å². The van der Waals surface area contributed by atoms with Gasteiger partial charge in [0.25, 0.3) is 11.7 Å². The number of benzene rings is 2. The maximum atomic E-state index is 13.6. The summed E-state index contributed by atoms with van der Waals surface area (Å²) in [6, 6.07) is 6.55. The molecular formula is C26H29NO8. The highest BCUT2D eigenvalue weighted by atomic mass is 16.7. The minimum absolute atomic E-state index is 0.124. The molecule has 9 heteroatoms. The lowest BCUT2D eigenvalue weighted by atomic mass is 9.80. The molecule has 3 aliphatic heterocycles. The highest BCUT2D eigenvalue weighted by Crippen LogP contribution is 2.56. The molecule has 2 aromatic rings. The molecule has 1 saturated heterocycles. The van der Waals surface area contributed by atoms with Gasteiger partial charge in [-0.1, -0.05) is 6.92 Å². The summed E-state index contributed by atoms with van der Waals surface area (Å²) in [7, 11) is 4.44. The molecule has 1 atom stereocenters. The summed E-state index contributed by atoms with van der Waals surface area (Å²) >= 11 is 0. The van der Waals surface area contributed by atoms with Gasteiger partial charge in [-0.25, -0.2) is 4.79 Å². The smallest absolute Gasteiger partial charge is 0.343 e. The summed E-state index contributed by atoms with van der Waals surface area (Å²) in [4.78, 5) is 28.6. The molecule has 186 valence electrons. The molecule has 0 aliphatic carbocycles. The standard InChI is InChI=1S/C26H29NO8/c1-14-13-25(2,3)27-21-17(14)11-16(12-18(21)26(24(27)29)33-7-8-34-26)35-23(28)15-9-19(30-4)22(32-6)20(10-15)31-5/h9-12,14H,7-8,13H2,1-6H3. The quantitative estimate of drug-likeness (QED) is 0.469. The van der Waals surface area contributed by atoms with E-state index in [-0.39, 0.29) is 17.4 Å². The van der Waals surface area contributed by atoms with Crippen LogP contribution in [0.5, 0.6) is 23.0 Å². The van der Waals surface area contributed by atoms with Crippen LogP contribution < -0.4 is 23.8 Å². The van der Waals surface area contributed by atoms with Gasteiger partial charge in [-0.2, -0.15) is 0 Å². The molecule has 2 aromatic carbocycles. The minimum Gasteiger partial charge on any atom is -0.493 e. The number of rotatable bonds is 5. The first-order valence-electron chi connectivity index (χ1n) is 11.5. The van der Waals surface area contributed by atoms with Crippen molar-refractivity contribution in [2.45, 2.75) is 44.4 Å². The second-order valence-corrected chi connectivity index (χ2v) is 9.58. The number of carbonyl (C=O) groups excluding carboxylic acids is 2. The Kier molecular flexibility index (Phi) is 5.45. The Morgan fingerprint density at radius 2 is 1.63 bits per heavy atom. The molecule has 3 aliphatic rings. The molecule has 1 spiro atoms. The molecule has 0 N–H and O–H groups in total. The van der Waals surface area contributed by atoms with Gasteiger partial charge in [-0.05, 0) is 56.0 Å². The molecule has 9 nitrogen and oxygen atoms in total. The van der Waals surface area contributed by atoms with Crippen LogP contribution in [0.2, 0.25) is 0 Å². The van der Waals surface area contributed by atoms with E-state index >= 15 is 0 Å². The number of nitrogens with zero attached hydrogens (tertiary/aromatic N) is 1. The van der Waals surface area contributed by atoms with Gasteiger partial charge in [-0.3, -0.25) is 4.79 Å². The summed E-state index contributed by atoms with van der Waals surface area (Å²) in [6.07, 6.45) is 0.742. The van der Waals surface area contributed by atoms with Gasteiger partial charge in [-0.15, -0.1) is 0 Å². The number of methoxy groups -OCH3 is 3. The Balaban J connectivity index is 1.58. The molecule has 5 rings (SSSR count). The Morgan fingerprint density at radius 1 is 1.00 bits per heavy atom. The summed E-state index contributed by atoms with van der Waals surface area (Å²) in [6.45, 7) is 6.80. The van der Waals surface area contributed by atoms with Crippen LogP contribution >= 0.6 is 0 Å². The van der Waals surface area contributed by atoms with Crippen molar-refractivity contribution in [3.05, 3.63) is 41.0 Å². The van der Waals surface area contributed by atoms with Gasteiger partial charge in [0.15, 0.2) is 11.5 Å². The zero-order chi connectivity index (χ0) is 25.1. The largest absolute Gasteiger partial charge is 0.493 e. The topological polar surface area (TPSA) is 92.8 Å². The van der Waals surface area contributed by atoms with Crippen molar-refractivity contribution in [3.63, 3.8) is 0 Å². The highest BCUT2D eigenvalue weighted by Gasteiger charge is 2.61. The molecule has 1 fully saturated rings. The van der Waals surface area contributed by atoms with Crippen LogP contribution in [-0.4, -0.2) is 52.0 Å². The lowest BCUT2D eigenvalue weighted by molar-refractivity contribution is -0.181. The number of amides is 1. The predicted octanol–water partition coefficient (Wildman–Crippen LogP) is 3.76. The van der Waals surface area contributed by atoms with Crippen molar-refractivity contribution in [1.29, 1.82) is 0 Å². The van der Waals surface area contributed by atoms with Crippen molar-refractivity contribution < 1.29 is 38.0 Å². The summed E-state index contributed by atoms with van der Waals surface area (Å²) in [5, 5.41) is 0. The second kappa shape index (κ2) is 8.13. The van der Waals surface area contributed by atoms with Crippen molar-refractivity contribution >= 4 is 17.6 Å². The van der Waals surface area contributed by atoms with E-state index in [2.05, 4.69) is 6.92 Å². The monoisotopic (exact) mass is 483 g/mol. The van der Waals surface area contributed by atoms with Gasteiger partial charge < -0.3 is 33.3 Å². The molecule has 0 radical (unpaired) electrons. The van der Waals surface area contributed by atoms with Gasteiger partial charge >= 0.3 is 5.97 Å². The third-order valence-corrected chi connectivity index (χ3v) is 6.92. The minimum atomic E-state index is -1.51. The Hall–Kier alpha value is -3.30. The van der Waals surface area contributed by atoms with Crippen molar-refractivity contribution in [3.8, 4) is 23.0 Å². The third-order valence-electron chi connectivity index (χ3n) is 6.92. The molecular weight excluding hydrogens is 454 g/mol. The lowest BCUT2D eigenvalue weighted by Gasteiger charge is -2.43. The van der Waals surface area contributed by atoms with Crippen LogP contribution in [-0.2, 0) is 20.1 Å². The average Bonchev–Trinajstić information content (AvgIpc) is 3.41. The van der Waals surface area contributed by atoms with E-state index < -0.39 is 17.3 Å². The number of esters is 1. The van der Waals surface area contributed by atoms with E-state index in [4.69, 9.17) is 28.4 Å². The number of fused-ring (bicyclic) bond motifs is 1. The van der Waals surface area contributed by atoms with Crippen LogP contribution in [0.15, 0.2) is 24.3 Å². The zero-order valence-electron chi connectivity index (χ0n) is 20.7. The van der Waals surface area contributed by atoms with Gasteiger partial charge in [0.1, 0.15) is 5.75 Å². The molecule has 0 aromatic heterocycles. The Morgan fingerprint density at radius 3 is 2.20 bits per heavy atom. The number of anilines is 1. The van der Waals surface area contributed by atoms with Gasteiger partial charge in [0.05, 0.1) is 45.8 Å². The van der Waals surface area contributed by atoms with E-state index in [1.807, 2.05) is 19.9 Å². The second-order valence-electron chi connectivity index (χ2n) is 9.58. The first-order valence-corrected chi connectivity index (χ1v) is 11.5. The van der Waals surface area contributed by atoms with Crippen LogP contribution in [0.3, 0.4) is 0 Å². The van der Waals surface area contributed by atoms with E-state index in [1.54, 1.807) is 11.0 Å². The molecule has 0 bridgehead atoms. The van der Waals surface area contributed by atoms with Gasteiger partial charge in [0, 0.05) is 11.1 Å². The number of ether oxygens (including phenoxy) is 6. The van der Waals surface area contributed by atoms with Crippen molar-refractivity contribution in [2.75, 3.05) is 39.4 Å². The summed E-state index contributed by atoms with van der Waals surface area (Å²) in [5.74, 6) is -0.879. The first-order chi connectivity index (χ1) is 16.7. The maximum Gasteiger partial charge on any atom is 0.343 e. The lowest BCUT2D eigenvalue weighted by Crippen LogP contribution is -2.53. The maximum absolute atomic E-state index is 13.6. The van der Waals surface area contributed by atoms with E-state index in [1.165, 1.54) is 33.5 Å². The highest BCUT2D eigenvalue weighted by molar-refractivity contribution is 6.09. The predicted molar refractivity (Wildman–Crippen MR) is 126 cm³/mol. The fourth-order valence-corrected chi connectivity index (χ4v) is 5.51. The first kappa shape index (κ1) is 23.4. The van der Waals surface area contributed by atoms with Crippen LogP contribution in [0.25, 0.3) is 0 Å². The third kappa shape index (κ3) is 3.36.